The molecule has 4 saturated carbocycles. The van der Waals surface area contributed by atoms with Crippen LogP contribution < -0.4 is 0 Å². The topological polar surface area (TPSA) is 74.6 Å². The quantitative estimate of drug-likeness (QED) is 0.361. The molecule has 0 aliphatic heterocycles. The Hall–Kier alpha value is -1.16. The van der Waals surface area contributed by atoms with Crippen LogP contribution in [0, 0.1) is 50.2 Å². The van der Waals surface area contributed by atoms with Crippen LogP contribution in [0.25, 0.3) is 0 Å². The van der Waals surface area contributed by atoms with Crippen LogP contribution in [0.3, 0.4) is 0 Å². The van der Waals surface area contributed by atoms with Crippen LogP contribution in [-0.4, -0.2) is 28.6 Å². The molecule has 0 bridgehead atoms. The summed E-state index contributed by atoms with van der Waals surface area (Å²) >= 11 is 0. The molecule has 190 valence electrons. The second-order valence-electron chi connectivity index (χ2n) is 14.7. The molecule has 2 N–H and O–H groups in total. The van der Waals surface area contributed by atoms with Gasteiger partial charge in [0.05, 0.1) is 16.9 Å². The lowest BCUT2D eigenvalue weighted by atomic mass is 9.33. The number of allylic oxidation sites excluding steroid dienone is 2. The van der Waals surface area contributed by atoms with Crippen LogP contribution in [0.5, 0.6) is 0 Å². The first-order chi connectivity index (χ1) is 15.7. The van der Waals surface area contributed by atoms with Crippen molar-refractivity contribution in [2.24, 2.45) is 50.2 Å². The van der Waals surface area contributed by atoms with Crippen LogP contribution in [-0.2, 0) is 9.59 Å². The van der Waals surface area contributed by atoms with Gasteiger partial charge < -0.3 is 15.0 Å². The van der Waals surface area contributed by atoms with Crippen molar-refractivity contribution < 1.29 is 19.8 Å². The number of fused-ring (bicyclic) bond motifs is 7. The van der Waals surface area contributed by atoms with Gasteiger partial charge in [-0.05, 0) is 104 Å². The van der Waals surface area contributed by atoms with Gasteiger partial charge in [0.1, 0.15) is 6.29 Å². The minimum absolute atomic E-state index is 0.00538. The first-order valence-corrected chi connectivity index (χ1v) is 13.8. The van der Waals surface area contributed by atoms with Gasteiger partial charge >= 0.3 is 5.97 Å². The summed E-state index contributed by atoms with van der Waals surface area (Å²) in [4.78, 5) is 25.1. The monoisotopic (exact) mass is 470 g/mol. The van der Waals surface area contributed by atoms with Crippen molar-refractivity contribution in [2.75, 3.05) is 0 Å². The predicted octanol–water partition coefficient (Wildman–Crippen LogP) is 6.41. The normalized spacial score (nSPS) is 53.9. The van der Waals surface area contributed by atoms with E-state index in [2.05, 4.69) is 40.7 Å². The average Bonchev–Trinajstić information content (AvgIpc) is 2.76. The first kappa shape index (κ1) is 24.5. The number of rotatable bonds is 2. The Labute approximate surface area is 206 Å². The molecule has 5 aliphatic carbocycles. The Bertz CT molecular complexity index is 936. The highest BCUT2D eigenvalue weighted by molar-refractivity contribution is 5.76. The van der Waals surface area contributed by atoms with Gasteiger partial charge in [-0.1, -0.05) is 53.2 Å². The van der Waals surface area contributed by atoms with Crippen LogP contribution in [0.15, 0.2) is 11.6 Å². The third kappa shape index (κ3) is 2.81. The Morgan fingerprint density at radius 3 is 2.26 bits per heavy atom. The van der Waals surface area contributed by atoms with E-state index in [4.69, 9.17) is 0 Å². The van der Waals surface area contributed by atoms with Gasteiger partial charge in [0.25, 0.3) is 0 Å². The lowest BCUT2D eigenvalue weighted by molar-refractivity contribution is -0.204. The summed E-state index contributed by atoms with van der Waals surface area (Å²) in [5, 5.41) is 21.3. The van der Waals surface area contributed by atoms with E-state index in [1.54, 1.807) is 0 Å². The highest BCUT2D eigenvalue weighted by Crippen LogP contribution is 2.75. The number of hydrogen-bond acceptors (Lipinski definition) is 3. The Kier molecular flexibility index (Phi) is 5.20. The second-order valence-corrected chi connectivity index (χ2v) is 14.7. The maximum Gasteiger partial charge on any atom is 0.310 e. The summed E-state index contributed by atoms with van der Waals surface area (Å²) in [5.41, 5.74) is 0.446. The van der Waals surface area contributed by atoms with E-state index in [1.807, 2.05) is 6.92 Å². The summed E-state index contributed by atoms with van der Waals surface area (Å²) in [6.45, 7) is 14.0. The molecule has 0 aromatic carbocycles. The third-order valence-corrected chi connectivity index (χ3v) is 13.0. The molecule has 4 unspecified atom stereocenters. The maximum atomic E-state index is 12.8. The molecule has 0 aromatic rings. The molecule has 0 spiro atoms. The van der Waals surface area contributed by atoms with E-state index in [0.717, 1.165) is 64.1 Å². The average molecular weight is 471 g/mol. The molecule has 4 heteroatoms. The zero-order valence-corrected chi connectivity index (χ0v) is 22.2. The maximum absolute atomic E-state index is 12.8. The zero-order valence-electron chi connectivity index (χ0n) is 22.2. The Morgan fingerprint density at radius 2 is 1.62 bits per heavy atom. The minimum Gasteiger partial charge on any atom is -0.481 e. The van der Waals surface area contributed by atoms with E-state index in [-0.39, 0.29) is 33.5 Å². The van der Waals surface area contributed by atoms with Gasteiger partial charge in [-0.25, -0.2) is 0 Å². The number of aliphatic hydroxyl groups excluding tert-OH is 1. The van der Waals surface area contributed by atoms with Crippen LogP contribution in [0.2, 0.25) is 0 Å². The van der Waals surface area contributed by atoms with Crippen molar-refractivity contribution in [1.82, 2.24) is 0 Å². The number of aldehydes is 1. The molecule has 4 fully saturated rings. The number of aliphatic carboxylic acids is 1. The fourth-order valence-corrected chi connectivity index (χ4v) is 10.5. The lowest BCUT2D eigenvalue weighted by Gasteiger charge is -2.70. The molecule has 0 amide bonds. The fourth-order valence-electron chi connectivity index (χ4n) is 10.5. The molecule has 5 rings (SSSR count). The van der Waals surface area contributed by atoms with Crippen LogP contribution in [0.1, 0.15) is 106 Å². The SMILES string of the molecule is CC1(C)CC[C@]2(C(=O)O)CC[C@]3(C)C(=CCC4C5(C)CC[C@H](O)[C@](C)(C=O)C5CC[C@]43C)C2C1. The van der Waals surface area contributed by atoms with Crippen molar-refractivity contribution >= 4 is 12.3 Å². The largest absolute Gasteiger partial charge is 0.481 e. The van der Waals surface area contributed by atoms with Crippen molar-refractivity contribution in [2.45, 2.75) is 112 Å². The molecule has 0 aromatic heterocycles. The van der Waals surface area contributed by atoms with E-state index >= 15 is 0 Å². The second kappa shape index (κ2) is 7.20. The van der Waals surface area contributed by atoms with Gasteiger partial charge in [0.2, 0.25) is 0 Å². The van der Waals surface area contributed by atoms with Crippen LogP contribution >= 0.6 is 0 Å². The van der Waals surface area contributed by atoms with Gasteiger partial charge in [0, 0.05) is 0 Å². The number of carbonyl (C=O) groups excluding carboxylic acids is 1. The summed E-state index contributed by atoms with van der Waals surface area (Å²) in [5.74, 6) is 0.201. The van der Waals surface area contributed by atoms with Crippen molar-refractivity contribution in [3.8, 4) is 0 Å². The van der Waals surface area contributed by atoms with Crippen molar-refractivity contribution in [3.63, 3.8) is 0 Å². The van der Waals surface area contributed by atoms with Crippen LogP contribution in [0.4, 0.5) is 0 Å². The Balaban J connectivity index is 1.60. The lowest BCUT2D eigenvalue weighted by Crippen LogP contribution is -2.65. The predicted molar refractivity (Wildman–Crippen MR) is 133 cm³/mol. The van der Waals surface area contributed by atoms with Gasteiger partial charge in [-0.3, -0.25) is 4.79 Å². The molecule has 0 heterocycles. The number of aliphatic hydroxyl groups is 1. The van der Waals surface area contributed by atoms with E-state index in [1.165, 1.54) is 5.57 Å². The summed E-state index contributed by atoms with van der Waals surface area (Å²) in [6.07, 6.45) is 12.1. The number of carboxylic acid groups (broad SMARTS) is 1. The molecule has 4 nitrogen and oxygen atoms in total. The van der Waals surface area contributed by atoms with E-state index in [0.29, 0.717) is 12.3 Å². The highest BCUT2D eigenvalue weighted by atomic mass is 16.4. The number of carboxylic acids is 1. The van der Waals surface area contributed by atoms with Gasteiger partial charge in [-0.2, -0.15) is 0 Å². The van der Waals surface area contributed by atoms with Gasteiger partial charge in [-0.15, -0.1) is 0 Å². The first-order valence-electron chi connectivity index (χ1n) is 13.8. The summed E-state index contributed by atoms with van der Waals surface area (Å²) in [6, 6.07) is 0. The minimum atomic E-state index is -0.669. The van der Waals surface area contributed by atoms with E-state index < -0.39 is 22.9 Å². The number of carbonyl (C=O) groups is 2. The molecule has 34 heavy (non-hydrogen) atoms. The fraction of sp³-hybridized carbons (Fsp3) is 0.867. The molecule has 0 radical (unpaired) electrons. The van der Waals surface area contributed by atoms with Crippen molar-refractivity contribution in [3.05, 3.63) is 11.6 Å². The molecule has 9 atom stereocenters. The van der Waals surface area contributed by atoms with Gasteiger partial charge in [0.15, 0.2) is 0 Å². The Morgan fingerprint density at radius 1 is 0.941 bits per heavy atom. The standard InChI is InChI=1S/C30H46O4/c1-25(2)13-15-30(24(33)34)16-14-28(5)19(20(30)17-25)7-8-22-26(3)11-10-23(32)27(4,18-31)21(26)9-12-29(22,28)6/h7,18,20-23,32H,8-17H2,1-6H3,(H,33,34)/t20?,21?,22?,23-,26?,27+,28+,29+,30-/m0/s1. The molecule has 5 aliphatic rings. The van der Waals surface area contributed by atoms with Crippen molar-refractivity contribution in [1.29, 1.82) is 0 Å². The summed E-state index contributed by atoms with van der Waals surface area (Å²) < 4.78 is 0. The summed E-state index contributed by atoms with van der Waals surface area (Å²) in [7, 11) is 0. The third-order valence-electron chi connectivity index (χ3n) is 13.0. The zero-order chi connectivity index (χ0) is 24.9. The highest BCUT2D eigenvalue weighted by Gasteiger charge is 2.69. The molecular formula is C30H46O4. The molecular weight excluding hydrogens is 424 g/mol. The smallest absolute Gasteiger partial charge is 0.310 e. The number of hydrogen-bond donors (Lipinski definition) is 2. The molecule has 0 saturated heterocycles. The van der Waals surface area contributed by atoms with E-state index in [9.17, 15) is 19.8 Å².